The van der Waals surface area contributed by atoms with E-state index in [4.69, 9.17) is 44.9 Å². The Morgan fingerprint density at radius 3 is 0.916 bits per heavy atom. The number of nitrogens with zero attached hydrogens (tertiary/aromatic N) is 12. The zero-order valence-corrected chi connectivity index (χ0v) is 72.3. The summed E-state index contributed by atoms with van der Waals surface area (Å²) in [5.41, 5.74) is 35.0. The summed E-state index contributed by atoms with van der Waals surface area (Å²) in [6.45, 7) is 9.24. The van der Waals surface area contributed by atoms with Crippen molar-refractivity contribution in [3.63, 3.8) is 0 Å². The van der Waals surface area contributed by atoms with Crippen LogP contribution >= 0.6 is 0 Å². The van der Waals surface area contributed by atoms with Crippen molar-refractivity contribution in [2.75, 3.05) is 0 Å². The molecule has 1 spiro atoms. The molecule has 0 saturated heterocycles. The molecule has 0 bridgehead atoms. The molecule has 0 unspecified atom stereocenters. The largest absolute Gasteiger partial charge is 0.264 e. The van der Waals surface area contributed by atoms with Gasteiger partial charge < -0.3 is 0 Å². The SMILES string of the molecule is CC1(C)c2ccc(-c3nc(-c4ccccc4)nc(-c4ccc(-c5cccnc5)cc4)n3)cc2-c2ccc3ccccc3c21.CC1(C)c2ccccc2-c2c(-c3nc(-c4ccccc4)nc(-c4ccc(-c5cccnc5)cc4)n3)cccc21.c1ccc(-c2nc(-c3ccc(-c4cccnc4)cc3)nc(-c3cccc4c3-c3ccccc3C43c4ccccc4-c4ccccc43)n2)cc1. The van der Waals surface area contributed by atoms with Gasteiger partial charge in [0.1, 0.15) is 0 Å². The minimum atomic E-state index is -0.435. The van der Waals surface area contributed by atoms with Crippen LogP contribution in [0.3, 0.4) is 0 Å². The molecule has 0 N–H and O–H groups in total. The standard InChI is InChI=1S/C45H28N4.C39H28N4.C35H26N4/c1-2-12-30(13-3-1)42-47-43(31-25-23-29(24-26-31)32-14-11-27-46-28-32)49-44(48-42)36-18-10-22-40-41(36)35-17-6-9-21-39(35)45(40)37-19-7-4-15-33(37)34-16-5-8-20-38(34)45;1-39(2)34-21-19-29(23-33(34)32-20-18-26-9-6-7-13-31(26)35(32)39)38-42-36(27-10-4-3-5-11-27)41-37(43-38)28-16-14-25(15-17-28)30-12-8-22-40-24-30;1-35(2)29-15-7-6-13-27(29)31-28(14-8-16-30(31)35)34-38-32(24-10-4-3-5-11-24)37-33(39-34)25-19-17-23(18-20-25)26-12-9-21-36-22-26/h1-28H;3-24H,1-2H3;3-22H,1-2H3. The van der Waals surface area contributed by atoms with E-state index in [2.05, 4.69) is 334 Å². The molecule has 0 amide bonds. The molecule has 15 aromatic carbocycles. The van der Waals surface area contributed by atoms with Gasteiger partial charge in [0.25, 0.3) is 0 Å². The van der Waals surface area contributed by atoms with Crippen LogP contribution in [0.5, 0.6) is 0 Å². The third-order valence-corrected chi connectivity index (χ3v) is 26.3. The monoisotopic (exact) mass is 1680 g/mol. The van der Waals surface area contributed by atoms with Crippen LogP contribution in [0.25, 0.3) is 191 Å². The maximum Gasteiger partial charge on any atom is 0.164 e. The van der Waals surface area contributed by atoms with E-state index in [0.717, 1.165) is 83.5 Å². The molecule has 0 saturated carbocycles. The molecule has 0 aliphatic heterocycles. The molecule has 131 heavy (non-hydrogen) atoms. The van der Waals surface area contributed by atoms with Crippen LogP contribution in [-0.4, -0.2) is 59.8 Å². The Kier molecular flexibility index (Phi) is 19.5. The normalized spacial score (nSPS) is 13.1. The Labute approximate surface area is 759 Å². The molecule has 12 nitrogen and oxygen atoms in total. The van der Waals surface area contributed by atoms with Gasteiger partial charge >= 0.3 is 0 Å². The smallest absolute Gasteiger partial charge is 0.164 e. The first-order valence-electron chi connectivity index (χ1n) is 44.3. The fourth-order valence-electron chi connectivity index (χ4n) is 20.1. The van der Waals surface area contributed by atoms with Gasteiger partial charge in [-0.3, -0.25) is 15.0 Å². The summed E-state index contributed by atoms with van der Waals surface area (Å²) >= 11 is 0. The molecule has 6 heterocycles. The maximum absolute atomic E-state index is 5.22. The Bertz CT molecular complexity index is 7930. The van der Waals surface area contributed by atoms with Crippen molar-refractivity contribution >= 4 is 10.8 Å². The van der Waals surface area contributed by atoms with Crippen molar-refractivity contribution in [1.29, 1.82) is 0 Å². The second-order valence-corrected chi connectivity index (χ2v) is 34.6. The van der Waals surface area contributed by atoms with E-state index in [-0.39, 0.29) is 10.8 Å². The van der Waals surface area contributed by atoms with Crippen molar-refractivity contribution in [3.05, 3.63) is 470 Å². The molecule has 12 heteroatoms. The second-order valence-electron chi connectivity index (χ2n) is 34.6. The predicted molar refractivity (Wildman–Crippen MR) is 527 cm³/mol. The molecule has 0 radical (unpaired) electrons. The summed E-state index contributed by atoms with van der Waals surface area (Å²) in [4.78, 5) is 58.3. The van der Waals surface area contributed by atoms with Crippen molar-refractivity contribution in [2.24, 2.45) is 0 Å². The van der Waals surface area contributed by atoms with Crippen molar-refractivity contribution in [3.8, 4) is 180 Å². The zero-order chi connectivity index (χ0) is 87.7. The minimum Gasteiger partial charge on any atom is -0.264 e. The van der Waals surface area contributed by atoms with E-state index < -0.39 is 5.41 Å². The van der Waals surface area contributed by atoms with Gasteiger partial charge in [0, 0.05) is 98.1 Å². The van der Waals surface area contributed by atoms with E-state index in [1.165, 1.54) is 99.8 Å². The molecule has 21 aromatic rings. The average Bonchev–Trinajstić information content (AvgIpc) is 1.50. The van der Waals surface area contributed by atoms with Gasteiger partial charge in [0.05, 0.1) is 5.41 Å². The van der Waals surface area contributed by atoms with Crippen LogP contribution < -0.4 is 0 Å². The molecule has 6 aromatic heterocycles. The highest BCUT2D eigenvalue weighted by Crippen LogP contribution is 2.64. The zero-order valence-electron chi connectivity index (χ0n) is 72.3. The first-order chi connectivity index (χ1) is 64.5. The first kappa shape index (κ1) is 78.7. The molecule has 0 atom stereocenters. The minimum absolute atomic E-state index is 0.0951. The van der Waals surface area contributed by atoms with E-state index in [9.17, 15) is 0 Å². The summed E-state index contributed by atoms with van der Waals surface area (Å²) in [6, 6.07) is 136. The topological polar surface area (TPSA) is 155 Å². The van der Waals surface area contributed by atoms with Crippen molar-refractivity contribution < 1.29 is 0 Å². The van der Waals surface area contributed by atoms with E-state index >= 15 is 0 Å². The summed E-state index contributed by atoms with van der Waals surface area (Å²) < 4.78 is 0. The number of aromatic nitrogens is 12. The molecule has 25 rings (SSSR count). The predicted octanol–water partition coefficient (Wildman–Crippen LogP) is 27.9. The Morgan fingerprint density at radius 2 is 0.481 bits per heavy atom. The second kappa shape index (κ2) is 32.5. The first-order valence-corrected chi connectivity index (χ1v) is 44.3. The Balaban J connectivity index is 0.000000112. The third-order valence-electron chi connectivity index (χ3n) is 26.3. The number of rotatable bonds is 12. The number of benzene rings is 15. The summed E-state index contributed by atoms with van der Waals surface area (Å²) in [5, 5.41) is 2.58. The lowest BCUT2D eigenvalue weighted by Gasteiger charge is -2.30. The van der Waals surface area contributed by atoms with Gasteiger partial charge in [-0.1, -0.05) is 392 Å². The van der Waals surface area contributed by atoms with Crippen LogP contribution in [0.4, 0.5) is 0 Å². The van der Waals surface area contributed by atoms with Crippen LogP contribution in [0.1, 0.15) is 72.2 Å². The van der Waals surface area contributed by atoms with Gasteiger partial charge in [0.2, 0.25) is 0 Å². The molecule has 0 fully saturated rings. The highest BCUT2D eigenvalue weighted by Gasteiger charge is 2.52. The van der Waals surface area contributed by atoms with Crippen molar-refractivity contribution in [2.45, 2.75) is 43.9 Å². The van der Waals surface area contributed by atoms with E-state index in [0.29, 0.717) is 52.4 Å². The van der Waals surface area contributed by atoms with Crippen LogP contribution in [-0.2, 0) is 16.2 Å². The van der Waals surface area contributed by atoms with Gasteiger partial charge in [-0.05, 0) is 157 Å². The van der Waals surface area contributed by atoms with Gasteiger partial charge in [-0.15, -0.1) is 0 Å². The summed E-state index contributed by atoms with van der Waals surface area (Å²) in [7, 11) is 0. The van der Waals surface area contributed by atoms with E-state index in [1.807, 2.05) is 116 Å². The van der Waals surface area contributed by atoms with Gasteiger partial charge in [-0.25, -0.2) is 44.9 Å². The Hall–Kier alpha value is -17.0. The van der Waals surface area contributed by atoms with Crippen molar-refractivity contribution in [1.82, 2.24) is 59.8 Å². The van der Waals surface area contributed by atoms with Gasteiger partial charge in [-0.2, -0.15) is 0 Å². The average molecular weight is 1680 g/mol. The summed E-state index contributed by atoms with van der Waals surface area (Å²) in [6.07, 6.45) is 11.0. The molecule has 4 aliphatic rings. The number of hydrogen-bond acceptors (Lipinski definition) is 12. The number of hydrogen-bond donors (Lipinski definition) is 0. The highest BCUT2D eigenvalue weighted by atomic mass is 15.1. The highest BCUT2D eigenvalue weighted by molar-refractivity contribution is 6.01. The fraction of sp³-hybridized carbons (Fsp3) is 0.0588. The maximum atomic E-state index is 5.22. The number of pyridine rings is 3. The van der Waals surface area contributed by atoms with Crippen LogP contribution in [0, 0.1) is 0 Å². The van der Waals surface area contributed by atoms with Crippen LogP contribution in [0.15, 0.2) is 425 Å². The molecule has 4 aliphatic carbocycles. The lowest BCUT2D eigenvalue weighted by Crippen LogP contribution is -2.25. The van der Waals surface area contributed by atoms with Gasteiger partial charge in [0.15, 0.2) is 52.4 Å². The molecular weight excluding hydrogens is 1600 g/mol. The fourth-order valence-corrected chi connectivity index (χ4v) is 20.1. The third kappa shape index (κ3) is 13.8. The number of fused-ring (bicyclic) bond motifs is 18. The van der Waals surface area contributed by atoms with Crippen LogP contribution in [0.2, 0.25) is 0 Å². The summed E-state index contributed by atoms with van der Waals surface area (Å²) in [5.74, 6) is 5.90. The quantitative estimate of drug-likeness (QED) is 0.114. The lowest BCUT2D eigenvalue weighted by molar-refractivity contribution is 0.660. The van der Waals surface area contributed by atoms with E-state index in [1.54, 1.807) is 18.6 Å². The Morgan fingerprint density at radius 1 is 0.176 bits per heavy atom. The molecule has 618 valence electrons. The molecular formula is C119H82N12. The lowest BCUT2D eigenvalue weighted by atomic mass is 9.70.